The number of hydrogen-bond acceptors (Lipinski definition) is 6. The van der Waals surface area contributed by atoms with E-state index in [2.05, 4.69) is 20.3 Å². The maximum absolute atomic E-state index is 12.1. The summed E-state index contributed by atoms with van der Waals surface area (Å²) in [5, 5.41) is 12.5. The number of aryl methyl sites for hydroxylation is 1. The van der Waals surface area contributed by atoms with E-state index >= 15 is 0 Å². The third kappa shape index (κ3) is 5.53. The molecular formula is C22H23N5O4. The monoisotopic (exact) mass is 421 g/mol. The Morgan fingerprint density at radius 3 is 2.55 bits per heavy atom. The highest BCUT2D eigenvalue weighted by Crippen LogP contribution is 2.30. The lowest BCUT2D eigenvalue weighted by Gasteiger charge is -2.22. The number of pyridine rings is 1. The van der Waals surface area contributed by atoms with Gasteiger partial charge in [0, 0.05) is 29.8 Å². The molecule has 0 saturated heterocycles. The molecule has 2 aromatic heterocycles. The molecule has 2 heterocycles. The van der Waals surface area contributed by atoms with Crippen LogP contribution < -0.4 is 10.2 Å². The van der Waals surface area contributed by atoms with Crippen LogP contribution in [0.25, 0.3) is 11.3 Å². The molecule has 3 rings (SSSR count). The summed E-state index contributed by atoms with van der Waals surface area (Å²) in [5.74, 6) is -0.0219. The zero-order valence-corrected chi connectivity index (χ0v) is 17.7. The minimum atomic E-state index is -1.26. The second-order valence-corrected chi connectivity index (χ2v) is 7.73. The zero-order chi connectivity index (χ0) is 22.6. The number of carboxylic acid groups (broad SMARTS) is 1. The van der Waals surface area contributed by atoms with Crippen LogP contribution in [0.15, 0.2) is 55.0 Å². The first-order valence-electron chi connectivity index (χ1n) is 9.51. The lowest BCUT2D eigenvalue weighted by Crippen LogP contribution is -2.28. The van der Waals surface area contributed by atoms with Gasteiger partial charge in [0.25, 0.3) is 0 Å². The molecule has 2 amide bonds. The predicted molar refractivity (Wildman–Crippen MR) is 116 cm³/mol. The summed E-state index contributed by atoms with van der Waals surface area (Å²) in [4.78, 5) is 37.8. The number of hydrogen-bond donors (Lipinski definition) is 2. The van der Waals surface area contributed by atoms with Crippen molar-refractivity contribution in [3.63, 3.8) is 0 Å². The van der Waals surface area contributed by atoms with E-state index in [-0.39, 0.29) is 5.95 Å². The van der Waals surface area contributed by atoms with E-state index in [1.807, 2.05) is 6.07 Å². The van der Waals surface area contributed by atoms with Crippen LogP contribution in [0.4, 0.5) is 26.9 Å². The summed E-state index contributed by atoms with van der Waals surface area (Å²) in [5.41, 5.74) is 1.95. The van der Waals surface area contributed by atoms with Crippen molar-refractivity contribution in [3.8, 4) is 11.3 Å². The first-order valence-corrected chi connectivity index (χ1v) is 9.51. The molecule has 9 nitrogen and oxygen atoms in total. The molecule has 0 atom stereocenters. The molecule has 160 valence electrons. The molecule has 31 heavy (non-hydrogen) atoms. The minimum Gasteiger partial charge on any atom is -0.464 e. The van der Waals surface area contributed by atoms with E-state index in [0.717, 1.165) is 10.5 Å². The van der Waals surface area contributed by atoms with E-state index in [4.69, 9.17) is 4.74 Å². The van der Waals surface area contributed by atoms with Gasteiger partial charge < -0.3 is 9.84 Å². The molecule has 0 radical (unpaired) electrons. The van der Waals surface area contributed by atoms with Crippen molar-refractivity contribution in [1.82, 2.24) is 15.0 Å². The maximum Gasteiger partial charge on any atom is 0.418 e. The van der Waals surface area contributed by atoms with E-state index in [0.29, 0.717) is 22.6 Å². The molecule has 0 saturated carbocycles. The maximum atomic E-state index is 12.1. The Kier molecular flexibility index (Phi) is 6.15. The number of aromatic nitrogens is 3. The SMILES string of the molecule is Cc1ccc(NC(=O)OC(C)(C)C)cc1N(C(=O)O)c1nccc(-c2cccnc2)n1. The topological polar surface area (TPSA) is 118 Å². The first-order chi connectivity index (χ1) is 14.6. The number of amides is 2. The van der Waals surface area contributed by atoms with Crippen LogP contribution in [0.1, 0.15) is 26.3 Å². The Morgan fingerprint density at radius 1 is 1.13 bits per heavy atom. The smallest absolute Gasteiger partial charge is 0.418 e. The standard InChI is InChI=1S/C22H23N5O4/c1-14-7-8-16(25-20(28)31-22(2,3)4)12-18(14)27(21(29)30)19-24-11-9-17(26-19)15-6-5-10-23-13-15/h5-13H,1-4H3,(H,25,28)(H,29,30). The molecule has 0 aliphatic carbocycles. The number of carbonyl (C=O) groups excluding carboxylic acids is 1. The summed E-state index contributed by atoms with van der Waals surface area (Å²) < 4.78 is 5.26. The van der Waals surface area contributed by atoms with Crippen molar-refractivity contribution < 1.29 is 19.4 Å². The van der Waals surface area contributed by atoms with Crippen LogP contribution in [0.2, 0.25) is 0 Å². The van der Waals surface area contributed by atoms with Crippen molar-refractivity contribution in [3.05, 3.63) is 60.6 Å². The molecule has 3 aromatic rings. The van der Waals surface area contributed by atoms with Crippen molar-refractivity contribution in [1.29, 1.82) is 0 Å². The van der Waals surface area contributed by atoms with Crippen molar-refractivity contribution in [2.75, 3.05) is 10.2 Å². The predicted octanol–water partition coefficient (Wildman–Crippen LogP) is 5.01. The van der Waals surface area contributed by atoms with Gasteiger partial charge in [-0.3, -0.25) is 10.3 Å². The number of rotatable bonds is 4. The number of anilines is 3. The van der Waals surface area contributed by atoms with Gasteiger partial charge in [0.15, 0.2) is 0 Å². The Morgan fingerprint density at radius 2 is 1.90 bits per heavy atom. The van der Waals surface area contributed by atoms with E-state index in [1.54, 1.807) is 64.4 Å². The van der Waals surface area contributed by atoms with Gasteiger partial charge in [-0.15, -0.1) is 0 Å². The third-order valence-electron chi connectivity index (χ3n) is 4.09. The number of nitrogens with zero attached hydrogens (tertiary/aromatic N) is 4. The molecule has 0 aliphatic heterocycles. The Labute approximate surface area is 179 Å². The van der Waals surface area contributed by atoms with Gasteiger partial charge in [-0.2, -0.15) is 0 Å². The fraction of sp³-hybridized carbons (Fsp3) is 0.227. The van der Waals surface area contributed by atoms with Gasteiger partial charge in [0.05, 0.1) is 11.4 Å². The molecular weight excluding hydrogens is 398 g/mol. The normalized spacial score (nSPS) is 11.0. The summed E-state index contributed by atoms with van der Waals surface area (Å²) >= 11 is 0. The van der Waals surface area contributed by atoms with Crippen molar-refractivity contribution in [2.24, 2.45) is 0 Å². The molecule has 0 spiro atoms. The highest BCUT2D eigenvalue weighted by molar-refractivity contribution is 5.95. The van der Waals surface area contributed by atoms with E-state index in [9.17, 15) is 14.7 Å². The van der Waals surface area contributed by atoms with Gasteiger partial charge in [-0.05, 0) is 63.6 Å². The van der Waals surface area contributed by atoms with Crippen LogP contribution in [-0.2, 0) is 4.74 Å². The fourth-order valence-corrected chi connectivity index (χ4v) is 2.78. The quantitative estimate of drug-likeness (QED) is 0.608. The van der Waals surface area contributed by atoms with Crippen LogP contribution in [0.5, 0.6) is 0 Å². The molecule has 0 fully saturated rings. The molecule has 1 aromatic carbocycles. The first kappa shape index (κ1) is 21.7. The highest BCUT2D eigenvalue weighted by Gasteiger charge is 2.23. The van der Waals surface area contributed by atoms with Gasteiger partial charge in [0.2, 0.25) is 5.95 Å². The van der Waals surface area contributed by atoms with E-state index < -0.39 is 17.8 Å². The largest absolute Gasteiger partial charge is 0.464 e. The molecule has 0 bridgehead atoms. The zero-order valence-electron chi connectivity index (χ0n) is 17.7. The lowest BCUT2D eigenvalue weighted by molar-refractivity contribution is 0.0636. The average molecular weight is 421 g/mol. The van der Waals surface area contributed by atoms with Crippen LogP contribution in [0, 0.1) is 6.92 Å². The third-order valence-corrected chi connectivity index (χ3v) is 4.09. The number of nitrogens with one attached hydrogen (secondary N) is 1. The fourth-order valence-electron chi connectivity index (χ4n) is 2.78. The molecule has 2 N–H and O–H groups in total. The van der Waals surface area contributed by atoms with Gasteiger partial charge >= 0.3 is 12.2 Å². The second kappa shape index (κ2) is 8.78. The van der Waals surface area contributed by atoms with Crippen molar-refractivity contribution >= 4 is 29.5 Å². The lowest BCUT2D eigenvalue weighted by atomic mass is 10.1. The van der Waals surface area contributed by atoms with Crippen LogP contribution in [-0.4, -0.2) is 37.8 Å². The highest BCUT2D eigenvalue weighted by atomic mass is 16.6. The van der Waals surface area contributed by atoms with Gasteiger partial charge in [-0.1, -0.05) is 6.07 Å². The van der Waals surface area contributed by atoms with E-state index in [1.165, 1.54) is 12.3 Å². The molecule has 0 aliphatic rings. The molecule has 9 heteroatoms. The number of carbonyl (C=O) groups is 2. The summed E-state index contributed by atoms with van der Waals surface area (Å²) in [6, 6.07) is 10.2. The van der Waals surface area contributed by atoms with Gasteiger partial charge in [0.1, 0.15) is 5.60 Å². The van der Waals surface area contributed by atoms with Crippen molar-refractivity contribution in [2.45, 2.75) is 33.3 Å². The summed E-state index contributed by atoms with van der Waals surface area (Å²) in [6.45, 7) is 7.02. The minimum absolute atomic E-state index is 0.0219. The Balaban J connectivity index is 1.97. The number of benzene rings is 1. The van der Waals surface area contributed by atoms with Crippen LogP contribution >= 0.6 is 0 Å². The average Bonchev–Trinajstić information content (AvgIpc) is 2.70. The van der Waals surface area contributed by atoms with Gasteiger partial charge in [-0.25, -0.2) is 24.5 Å². The Hall–Kier alpha value is -4.01. The summed E-state index contributed by atoms with van der Waals surface area (Å²) in [6.07, 6.45) is 2.86. The second-order valence-electron chi connectivity index (χ2n) is 7.73. The summed E-state index contributed by atoms with van der Waals surface area (Å²) in [7, 11) is 0. The Bertz CT molecular complexity index is 1100. The number of ether oxygens (including phenoxy) is 1. The molecule has 0 unspecified atom stereocenters. The van der Waals surface area contributed by atoms with Crippen LogP contribution in [0.3, 0.4) is 0 Å².